The van der Waals surface area contributed by atoms with Crippen LogP contribution in [-0.2, 0) is 0 Å². The van der Waals surface area contributed by atoms with Gasteiger partial charge in [0.05, 0.1) is 5.69 Å². The Morgan fingerprint density at radius 2 is 1.90 bits per heavy atom. The Morgan fingerprint density at radius 1 is 1.25 bits per heavy atom. The molecule has 0 fully saturated rings. The molecule has 0 saturated carbocycles. The van der Waals surface area contributed by atoms with E-state index in [0.29, 0.717) is 0 Å². The number of rotatable bonds is 7. The monoisotopic (exact) mass is 270 g/mol. The molecule has 0 unspecified atom stereocenters. The van der Waals surface area contributed by atoms with E-state index in [1.165, 1.54) is 16.8 Å². The molecule has 108 valence electrons. The molecule has 0 amide bonds. The molecule has 0 atom stereocenters. The lowest BCUT2D eigenvalue weighted by Crippen LogP contribution is -2.33. The van der Waals surface area contributed by atoms with Crippen LogP contribution < -0.4 is 10.4 Å². The van der Waals surface area contributed by atoms with Crippen molar-refractivity contribution >= 4 is 5.69 Å². The molecule has 0 aliphatic carbocycles. The van der Waals surface area contributed by atoms with E-state index in [9.17, 15) is 0 Å². The highest BCUT2D eigenvalue weighted by Crippen LogP contribution is 2.20. The van der Waals surface area contributed by atoms with Gasteiger partial charge in [-0.05, 0) is 43.5 Å². The van der Waals surface area contributed by atoms with Crippen LogP contribution in [0.5, 0.6) is 0 Å². The first-order chi connectivity index (χ1) is 9.63. The lowest BCUT2D eigenvalue weighted by Gasteiger charge is -2.25. The summed E-state index contributed by atoms with van der Waals surface area (Å²) in [7, 11) is 1.94. The van der Waals surface area contributed by atoms with Crippen molar-refractivity contribution in [3.05, 3.63) is 65.9 Å². The standard InChI is InChI=1S/C18H26N2/c1-6-11-17(7-2)14-15(3)16(4)20(19-5)18-12-9-8-10-13-18/h7-10,12-14,19H,2,6,11H2,1,3-5H3/b16-15+,17-14+. The third-order valence-corrected chi connectivity index (χ3v) is 3.35. The molecule has 0 bridgehead atoms. The largest absolute Gasteiger partial charge is 0.281 e. The van der Waals surface area contributed by atoms with Gasteiger partial charge in [0.15, 0.2) is 0 Å². The van der Waals surface area contributed by atoms with Crippen LogP contribution in [0.2, 0.25) is 0 Å². The van der Waals surface area contributed by atoms with Crippen molar-refractivity contribution in [2.45, 2.75) is 33.6 Å². The highest BCUT2D eigenvalue weighted by atomic mass is 15.5. The van der Waals surface area contributed by atoms with Crippen LogP contribution in [0, 0.1) is 0 Å². The second-order valence-corrected chi connectivity index (χ2v) is 4.84. The summed E-state index contributed by atoms with van der Waals surface area (Å²) in [6.45, 7) is 10.4. The number of benzene rings is 1. The Bertz CT molecular complexity index is 483. The summed E-state index contributed by atoms with van der Waals surface area (Å²) in [5.41, 5.74) is 8.09. The Kier molecular flexibility index (Phi) is 6.82. The third kappa shape index (κ3) is 4.39. The maximum Gasteiger partial charge on any atom is 0.0573 e. The minimum Gasteiger partial charge on any atom is -0.281 e. The Balaban J connectivity index is 3.07. The molecule has 1 aromatic carbocycles. The Morgan fingerprint density at radius 3 is 2.40 bits per heavy atom. The number of hydrazine groups is 1. The van der Waals surface area contributed by atoms with Crippen LogP contribution in [0.4, 0.5) is 5.69 Å². The van der Waals surface area contributed by atoms with Gasteiger partial charge in [-0.3, -0.25) is 5.01 Å². The molecule has 1 N–H and O–H groups in total. The van der Waals surface area contributed by atoms with Crippen LogP contribution in [0.3, 0.4) is 0 Å². The quantitative estimate of drug-likeness (QED) is 0.563. The molecule has 0 aromatic heterocycles. The van der Waals surface area contributed by atoms with E-state index in [1.807, 2.05) is 31.3 Å². The summed E-state index contributed by atoms with van der Waals surface area (Å²) in [6.07, 6.45) is 6.38. The molecular weight excluding hydrogens is 244 g/mol. The molecule has 20 heavy (non-hydrogen) atoms. The fourth-order valence-electron chi connectivity index (χ4n) is 2.15. The molecule has 2 nitrogen and oxygen atoms in total. The summed E-state index contributed by atoms with van der Waals surface area (Å²) in [5, 5.41) is 2.10. The van der Waals surface area contributed by atoms with E-state index in [-0.39, 0.29) is 0 Å². The maximum atomic E-state index is 3.90. The summed E-state index contributed by atoms with van der Waals surface area (Å²) >= 11 is 0. The van der Waals surface area contributed by atoms with Crippen molar-refractivity contribution in [3.63, 3.8) is 0 Å². The van der Waals surface area contributed by atoms with Crippen molar-refractivity contribution in [1.82, 2.24) is 5.43 Å². The molecule has 1 aromatic rings. The van der Waals surface area contributed by atoms with Gasteiger partial charge in [-0.15, -0.1) is 0 Å². The van der Waals surface area contributed by atoms with Gasteiger partial charge in [0.2, 0.25) is 0 Å². The van der Waals surface area contributed by atoms with E-state index < -0.39 is 0 Å². The van der Waals surface area contributed by atoms with Crippen LogP contribution in [0.25, 0.3) is 0 Å². The minimum absolute atomic E-state index is 1.07. The zero-order valence-corrected chi connectivity index (χ0v) is 13.1. The molecule has 0 saturated heterocycles. The van der Waals surface area contributed by atoms with Crippen LogP contribution in [0.15, 0.2) is 65.9 Å². The van der Waals surface area contributed by atoms with Crippen molar-refractivity contribution in [1.29, 1.82) is 0 Å². The molecule has 0 heterocycles. The SMILES string of the molecule is C=C/C(=C\C(C)=C(/C)N(NC)c1ccccc1)CCC. The normalized spacial score (nSPS) is 12.9. The lowest BCUT2D eigenvalue weighted by molar-refractivity contribution is 0.782. The second-order valence-electron chi connectivity index (χ2n) is 4.84. The highest BCUT2D eigenvalue weighted by molar-refractivity contribution is 5.52. The van der Waals surface area contributed by atoms with Crippen molar-refractivity contribution in [2.24, 2.45) is 0 Å². The maximum absolute atomic E-state index is 3.90. The molecule has 2 heteroatoms. The van der Waals surface area contributed by atoms with Gasteiger partial charge in [-0.25, -0.2) is 5.43 Å². The van der Waals surface area contributed by atoms with Crippen LogP contribution in [-0.4, -0.2) is 7.05 Å². The average Bonchev–Trinajstić information content (AvgIpc) is 2.48. The number of nitrogens with zero attached hydrogens (tertiary/aromatic N) is 1. The molecule has 0 radical (unpaired) electrons. The molecule has 0 spiro atoms. The predicted octanol–water partition coefficient (Wildman–Crippen LogP) is 4.83. The number of anilines is 1. The van der Waals surface area contributed by atoms with E-state index in [2.05, 4.69) is 56.0 Å². The zero-order valence-electron chi connectivity index (χ0n) is 13.1. The second kappa shape index (κ2) is 8.39. The molecule has 0 aliphatic heterocycles. The number of hydrogen-bond donors (Lipinski definition) is 1. The minimum atomic E-state index is 1.07. The van der Waals surface area contributed by atoms with E-state index >= 15 is 0 Å². The molecule has 1 rings (SSSR count). The number of para-hydroxylation sites is 1. The first kappa shape index (κ1) is 16.3. The first-order valence-corrected chi connectivity index (χ1v) is 7.17. The van der Waals surface area contributed by atoms with Gasteiger partial charge in [-0.1, -0.05) is 50.3 Å². The van der Waals surface area contributed by atoms with Gasteiger partial charge in [-0.2, -0.15) is 0 Å². The van der Waals surface area contributed by atoms with Gasteiger partial charge in [0, 0.05) is 12.7 Å². The molecular formula is C18H26N2. The van der Waals surface area contributed by atoms with Gasteiger partial charge in [0.25, 0.3) is 0 Å². The van der Waals surface area contributed by atoms with E-state index in [4.69, 9.17) is 0 Å². The van der Waals surface area contributed by atoms with Crippen LogP contribution >= 0.6 is 0 Å². The van der Waals surface area contributed by atoms with Gasteiger partial charge in [0.1, 0.15) is 0 Å². The van der Waals surface area contributed by atoms with Gasteiger partial charge < -0.3 is 0 Å². The summed E-state index contributed by atoms with van der Waals surface area (Å²) in [6, 6.07) is 10.3. The number of allylic oxidation sites excluding steroid dienone is 5. The van der Waals surface area contributed by atoms with Gasteiger partial charge >= 0.3 is 0 Å². The number of nitrogens with one attached hydrogen (secondary N) is 1. The fraction of sp³-hybridized carbons (Fsp3) is 0.333. The topological polar surface area (TPSA) is 15.3 Å². The van der Waals surface area contributed by atoms with E-state index in [1.54, 1.807) is 0 Å². The summed E-state index contributed by atoms with van der Waals surface area (Å²) in [5.74, 6) is 0. The van der Waals surface area contributed by atoms with Crippen molar-refractivity contribution in [2.75, 3.05) is 12.1 Å². The van der Waals surface area contributed by atoms with E-state index in [0.717, 1.165) is 18.5 Å². The lowest BCUT2D eigenvalue weighted by atomic mass is 10.1. The number of hydrogen-bond acceptors (Lipinski definition) is 2. The Labute approximate surface area is 123 Å². The third-order valence-electron chi connectivity index (χ3n) is 3.35. The van der Waals surface area contributed by atoms with Crippen molar-refractivity contribution in [3.8, 4) is 0 Å². The molecule has 0 aliphatic rings. The predicted molar refractivity (Wildman–Crippen MR) is 89.5 cm³/mol. The summed E-state index contributed by atoms with van der Waals surface area (Å²) < 4.78 is 0. The average molecular weight is 270 g/mol. The first-order valence-electron chi connectivity index (χ1n) is 7.17. The van der Waals surface area contributed by atoms with Crippen molar-refractivity contribution < 1.29 is 0 Å². The Hall–Kier alpha value is -1.80. The summed E-state index contributed by atoms with van der Waals surface area (Å²) in [4.78, 5) is 0. The van der Waals surface area contributed by atoms with Crippen LogP contribution in [0.1, 0.15) is 33.6 Å². The fourth-order valence-corrected chi connectivity index (χ4v) is 2.15. The zero-order chi connectivity index (χ0) is 15.0. The highest BCUT2D eigenvalue weighted by Gasteiger charge is 2.07. The smallest absolute Gasteiger partial charge is 0.0573 e.